The van der Waals surface area contributed by atoms with Crippen molar-refractivity contribution in [3.8, 4) is 11.1 Å². The first-order chi connectivity index (χ1) is 19.0. The number of fused-ring (bicyclic) bond motifs is 4. The van der Waals surface area contributed by atoms with Gasteiger partial charge in [0.05, 0.1) is 23.4 Å². The van der Waals surface area contributed by atoms with Crippen molar-refractivity contribution >= 4 is 61.3 Å². The van der Waals surface area contributed by atoms with Crippen LogP contribution in [0.4, 0.5) is 11.6 Å². The van der Waals surface area contributed by atoms with E-state index in [9.17, 15) is 9.59 Å². The maximum Gasteiger partial charge on any atom is 0.248 e. The number of hydrogen-bond acceptors (Lipinski definition) is 7. The standard InChI is InChI=1S/C28H24BrN7O3/c29-22-2-1-3-23(33-22)34-28(38)21-11-16-5-6-19(16)36(21)24(37)12-35-20-7-4-15(17-8-9-39-13-17)10-18(20)25-26(30)31-14-32-27(25)35/h1-4,7-10,13-14,16,19,21H,5-6,11-12H2,(H2,30,31,32)(H,33,34,38)/t16-,19-,21+/m1/s1. The number of benzene rings is 1. The van der Waals surface area contributed by atoms with Gasteiger partial charge in [0.15, 0.2) is 0 Å². The fourth-order valence-corrected chi connectivity index (χ4v) is 6.37. The minimum atomic E-state index is -0.559. The summed E-state index contributed by atoms with van der Waals surface area (Å²) in [5, 5.41) is 4.45. The lowest BCUT2D eigenvalue weighted by Crippen LogP contribution is -2.50. The van der Waals surface area contributed by atoms with Crippen LogP contribution in [-0.2, 0) is 16.1 Å². The number of aromatic nitrogens is 4. The third-order valence-electron chi connectivity index (χ3n) is 7.97. The monoisotopic (exact) mass is 585 g/mol. The molecule has 2 aliphatic rings. The molecule has 10 nitrogen and oxygen atoms in total. The number of nitrogen functional groups attached to an aromatic ring is 1. The van der Waals surface area contributed by atoms with Crippen molar-refractivity contribution in [1.82, 2.24) is 24.4 Å². The predicted octanol–water partition coefficient (Wildman–Crippen LogP) is 4.60. The van der Waals surface area contributed by atoms with E-state index in [0.29, 0.717) is 39.6 Å². The molecule has 7 rings (SSSR count). The van der Waals surface area contributed by atoms with Crippen molar-refractivity contribution in [2.45, 2.75) is 37.9 Å². The Hall–Kier alpha value is -4.25. The average molecular weight is 586 g/mol. The Kier molecular flexibility index (Phi) is 5.62. The first-order valence-corrected chi connectivity index (χ1v) is 13.6. The number of hydrogen-bond donors (Lipinski definition) is 2. The quantitative estimate of drug-likeness (QED) is 0.288. The van der Waals surface area contributed by atoms with Gasteiger partial charge in [-0.1, -0.05) is 12.1 Å². The van der Waals surface area contributed by atoms with Crippen molar-refractivity contribution < 1.29 is 14.0 Å². The summed E-state index contributed by atoms with van der Waals surface area (Å²) in [5.41, 5.74) is 9.61. The van der Waals surface area contributed by atoms with E-state index in [0.717, 1.165) is 34.9 Å². The fraction of sp³-hybridized carbons (Fsp3) is 0.250. The lowest BCUT2D eigenvalue weighted by molar-refractivity contribution is -0.140. The normalized spacial score (nSPS) is 20.2. The third kappa shape index (κ3) is 3.95. The molecule has 1 aliphatic heterocycles. The molecule has 1 aromatic carbocycles. The van der Waals surface area contributed by atoms with Crippen LogP contribution >= 0.6 is 15.9 Å². The molecule has 5 aromatic rings. The lowest BCUT2D eigenvalue weighted by atomic mass is 9.80. The summed E-state index contributed by atoms with van der Waals surface area (Å²) in [4.78, 5) is 42.1. The van der Waals surface area contributed by atoms with Crippen LogP contribution in [-0.4, -0.2) is 48.3 Å². The number of rotatable bonds is 5. The Balaban J connectivity index is 1.24. The summed E-state index contributed by atoms with van der Waals surface area (Å²) in [6, 6.07) is 12.7. The van der Waals surface area contributed by atoms with E-state index >= 15 is 0 Å². The second kappa shape index (κ2) is 9.19. The minimum absolute atomic E-state index is 0.0314. The Morgan fingerprint density at radius 2 is 2.03 bits per heavy atom. The van der Waals surface area contributed by atoms with Crippen molar-refractivity contribution in [3.63, 3.8) is 0 Å². The molecular formula is C28H24BrN7O3. The highest BCUT2D eigenvalue weighted by molar-refractivity contribution is 9.10. The van der Waals surface area contributed by atoms with Gasteiger partial charge in [0.1, 0.15) is 40.8 Å². The second-order valence-corrected chi connectivity index (χ2v) is 10.9. The molecule has 0 spiro atoms. The fourth-order valence-electron chi connectivity index (χ4n) is 6.03. The van der Waals surface area contributed by atoms with Crippen molar-refractivity contribution in [1.29, 1.82) is 0 Å². The number of furan rings is 1. The molecule has 2 amide bonds. The van der Waals surface area contributed by atoms with Crippen LogP contribution in [0.3, 0.4) is 0 Å². The van der Waals surface area contributed by atoms with Crippen molar-refractivity contribution in [2.75, 3.05) is 11.1 Å². The van der Waals surface area contributed by atoms with Gasteiger partial charge in [0, 0.05) is 17.0 Å². The Morgan fingerprint density at radius 1 is 1.13 bits per heavy atom. The van der Waals surface area contributed by atoms with Crippen LogP contribution in [0.1, 0.15) is 19.3 Å². The molecule has 0 unspecified atom stereocenters. The van der Waals surface area contributed by atoms with Gasteiger partial charge in [0.2, 0.25) is 11.8 Å². The first kappa shape index (κ1) is 23.8. The highest BCUT2D eigenvalue weighted by atomic mass is 79.9. The Morgan fingerprint density at radius 3 is 2.79 bits per heavy atom. The molecule has 0 bridgehead atoms. The van der Waals surface area contributed by atoms with Gasteiger partial charge in [-0.3, -0.25) is 9.59 Å². The highest BCUT2D eigenvalue weighted by Gasteiger charge is 2.51. The topological polar surface area (TPSA) is 132 Å². The maximum atomic E-state index is 14.0. The van der Waals surface area contributed by atoms with Gasteiger partial charge < -0.3 is 24.9 Å². The van der Waals surface area contributed by atoms with Crippen LogP contribution in [0.25, 0.3) is 33.1 Å². The summed E-state index contributed by atoms with van der Waals surface area (Å²) in [5.74, 6) is 0.777. The summed E-state index contributed by atoms with van der Waals surface area (Å²) >= 11 is 3.34. The zero-order valence-corrected chi connectivity index (χ0v) is 22.3. The number of likely N-dealkylation sites (tertiary alicyclic amines) is 1. The molecule has 0 radical (unpaired) electrons. The molecule has 1 saturated carbocycles. The minimum Gasteiger partial charge on any atom is -0.472 e. The molecule has 39 heavy (non-hydrogen) atoms. The molecule has 2 fully saturated rings. The molecule has 3 N–H and O–H groups in total. The number of anilines is 2. The number of amides is 2. The van der Waals surface area contributed by atoms with E-state index in [1.54, 1.807) is 29.6 Å². The summed E-state index contributed by atoms with van der Waals surface area (Å²) < 4.78 is 7.76. The maximum absolute atomic E-state index is 14.0. The number of carbonyl (C=O) groups is 2. The number of halogens is 1. The highest BCUT2D eigenvalue weighted by Crippen LogP contribution is 2.44. The SMILES string of the molecule is Nc1ncnc2c1c1cc(-c3ccoc3)ccc1n2CC(=O)N1[C@@H]2CC[C@@H]2C[C@H]1C(=O)Nc1cccc(Br)n1. The van der Waals surface area contributed by atoms with E-state index in [1.807, 2.05) is 34.9 Å². The number of carbonyl (C=O) groups excluding carboxylic acids is 2. The smallest absolute Gasteiger partial charge is 0.248 e. The van der Waals surface area contributed by atoms with Crippen molar-refractivity contribution in [2.24, 2.45) is 5.92 Å². The van der Waals surface area contributed by atoms with Gasteiger partial charge >= 0.3 is 0 Å². The summed E-state index contributed by atoms with van der Waals surface area (Å²) in [6.45, 7) is 0.0314. The third-order valence-corrected chi connectivity index (χ3v) is 8.41. The van der Waals surface area contributed by atoms with Gasteiger partial charge in [-0.15, -0.1) is 0 Å². The van der Waals surface area contributed by atoms with Gasteiger partial charge in [-0.2, -0.15) is 0 Å². The average Bonchev–Trinajstić information content (AvgIpc) is 3.61. The first-order valence-electron chi connectivity index (χ1n) is 12.8. The molecule has 1 aliphatic carbocycles. The zero-order valence-electron chi connectivity index (χ0n) is 20.8. The largest absolute Gasteiger partial charge is 0.472 e. The van der Waals surface area contributed by atoms with Gasteiger partial charge in [-0.05, 0) is 77.0 Å². The van der Waals surface area contributed by atoms with E-state index < -0.39 is 6.04 Å². The van der Waals surface area contributed by atoms with Gasteiger partial charge in [0.25, 0.3) is 0 Å². The molecule has 3 atom stereocenters. The second-order valence-electron chi connectivity index (χ2n) is 10.1. The summed E-state index contributed by atoms with van der Waals surface area (Å²) in [7, 11) is 0. The van der Waals surface area contributed by atoms with Crippen molar-refractivity contribution in [3.05, 3.63) is 65.9 Å². The van der Waals surface area contributed by atoms with Crippen LogP contribution < -0.4 is 11.1 Å². The Labute approximate surface area is 231 Å². The molecule has 11 heteroatoms. The number of nitrogens with two attached hydrogens (primary N) is 1. The number of pyridine rings is 1. The number of nitrogens with one attached hydrogen (secondary N) is 1. The molecule has 1 saturated heterocycles. The van der Waals surface area contributed by atoms with E-state index in [2.05, 4.69) is 36.2 Å². The van der Waals surface area contributed by atoms with Crippen LogP contribution in [0.15, 0.2) is 70.3 Å². The summed E-state index contributed by atoms with van der Waals surface area (Å²) in [6.07, 6.45) is 7.28. The van der Waals surface area contributed by atoms with E-state index in [-0.39, 0.29) is 24.4 Å². The number of nitrogens with zero attached hydrogens (tertiary/aromatic N) is 5. The van der Waals surface area contributed by atoms with Crippen LogP contribution in [0.2, 0.25) is 0 Å². The predicted molar refractivity (Wildman–Crippen MR) is 149 cm³/mol. The molecular weight excluding hydrogens is 562 g/mol. The van der Waals surface area contributed by atoms with E-state index in [1.165, 1.54) is 6.33 Å². The van der Waals surface area contributed by atoms with Crippen LogP contribution in [0, 0.1) is 5.92 Å². The lowest BCUT2D eigenvalue weighted by Gasteiger charge is -2.37. The van der Waals surface area contributed by atoms with Crippen LogP contribution in [0.5, 0.6) is 0 Å². The zero-order chi connectivity index (χ0) is 26.7. The van der Waals surface area contributed by atoms with E-state index in [4.69, 9.17) is 10.2 Å². The molecule has 4 aromatic heterocycles. The molecule has 196 valence electrons. The molecule has 5 heterocycles. The Bertz CT molecular complexity index is 1750. The van der Waals surface area contributed by atoms with Gasteiger partial charge in [-0.25, -0.2) is 15.0 Å².